The molecule has 6 heteroatoms. The molecular formula is C18H17N3O2S. The summed E-state index contributed by atoms with van der Waals surface area (Å²) in [6, 6.07) is 8.01. The summed E-state index contributed by atoms with van der Waals surface area (Å²) in [4.78, 5) is 13.6. The van der Waals surface area contributed by atoms with E-state index in [1.165, 1.54) is 0 Å². The Morgan fingerprint density at radius 3 is 2.96 bits per heavy atom. The van der Waals surface area contributed by atoms with Gasteiger partial charge in [-0.15, -0.1) is 11.3 Å². The molecule has 122 valence electrons. The molecule has 24 heavy (non-hydrogen) atoms. The van der Waals surface area contributed by atoms with Crippen LogP contribution in [-0.4, -0.2) is 29.3 Å². The highest BCUT2D eigenvalue weighted by Crippen LogP contribution is 2.33. The fourth-order valence-electron chi connectivity index (χ4n) is 2.66. The molecule has 4 rings (SSSR count). The third kappa shape index (κ3) is 2.80. The number of aromatic amines is 1. The molecule has 2 heterocycles. The monoisotopic (exact) mass is 339 g/mol. The molecule has 2 N–H and O–H groups in total. The summed E-state index contributed by atoms with van der Waals surface area (Å²) in [6.45, 7) is 0. The second kappa shape index (κ2) is 6.13. The van der Waals surface area contributed by atoms with Crippen LogP contribution in [-0.2, 0) is 0 Å². The number of amides is 1. The first-order chi connectivity index (χ1) is 11.8. The summed E-state index contributed by atoms with van der Waals surface area (Å²) in [5.41, 5.74) is 2.15. The molecule has 5 nitrogen and oxygen atoms in total. The number of rotatable bonds is 5. The number of nitrogens with zero attached hydrogens (tertiary/aromatic N) is 1. The van der Waals surface area contributed by atoms with Crippen molar-refractivity contribution in [2.45, 2.75) is 18.9 Å². The van der Waals surface area contributed by atoms with Crippen LogP contribution in [0.1, 0.15) is 33.8 Å². The number of hydrogen-bond acceptors (Lipinski definition) is 4. The third-order valence-corrected chi connectivity index (χ3v) is 4.86. The number of H-pyrrole nitrogens is 1. The van der Waals surface area contributed by atoms with Gasteiger partial charge in [-0.1, -0.05) is 6.07 Å². The number of carbonyl (C=O) groups is 1. The predicted molar refractivity (Wildman–Crippen MR) is 96.4 cm³/mol. The molecule has 1 aliphatic rings. The van der Waals surface area contributed by atoms with Crippen LogP contribution in [0.15, 0.2) is 29.6 Å². The zero-order valence-corrected chi connectivity index (χ0v) is 14.0. The molecule has 0 atom stereocenters. The fraction of sp³-hybridized carbons (Fsp3) is 0.222. The van der Waals surface area contributed by atoms with Crippen LogP contribution < -0.4 is 10.1 Å². The van der Waals surface area contributed by atoms with Gasteiger partial charge >= 0.3 is 0 Å². The molecular weight excluding hydrogens is 322 g/mol. The molecule has 3 aromatic rings. The Morgan fingerprint density at radius 1 is 1.38 bits per heavy atom. The lowest BCUT2D eigenvalue weighted by Gasteiger charge is -2.10. The van der Waals surface area contributed by atoms with Gasteiger partial charge in [0.1, 0.15) is 5.75 Å². The number of nitrogens with one attached hydrogen (secondary N) is 2. The third-order valence-electron chi connectivity index (χ3n) is 4.02. The molecule has 0 aliphatic heterocycles. The first-order valence-corrected chi connectivity index (χ1v) is 8.72. The molecule has 0 spiro atoms. The van der Waals surface area contributed by atoms with Crippen molar-refractivity contribution in [2.24, 2.45) is 0 Å². The van der Waals surface area contributed by atoms with E-state index in [1.807, 2.05) is 35.7 Å². The molecule has 1 aliphatic carbocycles. The summed E-state index contributed by atoms with van der Waals surface area (Å²) in [5.74, 6) is 0.468. The van der Waals surface area contributed by atoms with Crippen LogP contribution in [0.2, 0.25) is 0 Å². The van der Waals surface area contributed by atoms with Crippen molar-refractivity contribution in [3.8, 4) is 5.75 Å². The average molecular weight is 339 g/mol. The lowest BCUT2D eigenvalue weighted by atomic mass is 10.1. The normalized spacial score (nSPS) is 14.4. The lowest BCUT2D eigenvalue weighted by Crippen LogP contribution is -2.25. The minimum Gasteiger partial charge on any atom is -0.495 e. The van der Waals surface area contributed by atoms with Gasteiger partial charge in [0.15, 0.2) is 0 Å². The van der Waals surface area contributed by atoms with E-state index in [0.29, 0.717) is 17.4 Å². The van der Waals surface area contributed by atoms with Gasteiger partial charge in [-0.05, 0) is 48.6 Å². The zero-order valence-electron chi connectivity index (χ0n) is 13.2. The molecule has 1 fully saturated rings. The SMILES string of the molecule is COc1c(C(=O)NC2CC2)ccc2[nH]nc(C=Cc3cccs3)c12. The van der Waals surface area contributed by atoms with Crippen molar-refractivity contribution in [3.05, 3.63) is 45.8 Å². The van der Waals surface area contributed by atoms with E-state index in [1.54, 1.807) is 24.5 Å². The van der Waals surface area contributed by atoms with Crippen LogP contribution in [0.4, 0.5) is 0 Å². The largest absolute Gasteiger partial charge is 0.495 e. The summed E-state index contributed by atoms with van der Waals surface area (Å²) in [6.07, 6.45) is 6.06. The molecule has 2 aromatic heterocycles. The van der Waals surface area contributed by atoms with Crippen molar-refractivity contribution in [1.29, 1.82) is 0 Å². The van der Waals surface area contributed by atoms with Crippen molar-refractivity contribution in [2.75, 3.05) is 7.11 Å². The van der Waals surface area contributed by atoms with Gasteiger partial charge in [-0.2, -0.15) is 5.10 Å². The zero-order chi connectivity index (χ0) is 16.5. The Labute approximate surface area is 143 Å². The number of thiophene rings is 1. The van der Waals surface area contributed by atoms with Crippen molar-refractivity contribution >= 4 is 40.3 Å². The Hall–Kier alpha value is -2.60. The number of methoxy groups -OCH3 is 1. The smallest absolute Gasteiger partial charge is 0.255 e. The number of fused-ring (bicyclic) bond motifs is 1. The molecule has 0 radical (unpaired) electrons. The topological polar surface area (TPSA) is 67.0 Å². The Bertz CT molecular complexity index is 908. The number of ether oxygens (including phenoxy) is 1. The molecule has 1 aromatic carbocycles. The number of aromatic nitrogens is 2. The summed E-state index contributed by atoms with van der Waals surface area (Å²) in [7, 11) is 1.59. The van der Waals surface area contributed by atoms with Gasteiger partial charge in [-0.25, -0.2) is 0 Å². The van der Waals surface area contributed by atoms with Gasteiger partial charge in [0.25, 0.3) is 5.91 Å². The standard InChI is InChI=1S/C18H17N3O2S/c1-23-17-13(18(22)19-11-4-5-11)7-9-15-16(17)14(20-21-15)8-6-12-3-2-10-24-12/h2-3,6-11H,4-5H2,1H3,(H,19,22)(H,20,21). The van der Waals surface area contributed by atoms with Crippen LogP contribution in [0.5, 0.6) is 5.75 Å². The van der Waals surface area contributed by atoms with E-state index in [-0.39, 0.29) is 5.91 Å². The maximum Gasteiger partial charge on any atom is 0.255 e. The molecule has 0 bridgehead atoms. The summed E-state index contributed by atoms with van der Waals surface area (Å²) < 4.78 is 5.57. The van der Waals surface area contributed by atoms with Crippen LogP contribution in [0, 0.1) is 0 Å². The minimum absolute atomic E-state index is 0.0920. The van der Waals surface area contributed by atoms with Gasteiger partial charge in [0, 0.05) is 10.9 Å². The van der Waals surface area contributed by atoms with E-state index in [9.17, 15) is 4.79 Å². The lowest BCUT2D eigenvalue weighted by molar-refractivity contribution is 0.0948. The summed E-state index contributed by atoms with van der Waals surface area (Å²) >= 11 is 1.66. The van der Waals surface area contributed by atoms with Gasteiger partial charge in [0.05, 0.1) is 29.3 Å². The van der Waals surface area contributed by atoms with Crippen molar-refractivity contribution < 1.29 is 9.53 Å². The average Bonchev–Trinajstić information content (AvgIpc) is 3.10. The molecule has 0 saturated heterocycles. The second-order valence-electron chi connectivity index (χ2n) is 5.77. The van der Waals surface area contributed by atoms with Crippen LogP contribution >= 0.6 is 11.3 Å². The van der Waals surface area contributed by atoms with E-state index in [4.69, 9.17) is 4.74 Å². The van der Waals surface area contributed by atoms with E-state index in [0.717, 1.165) is 34.3 Å². The Kier molecular flexibility index (Phi) is 3.82. The Balaban J connectivity index is 1.76. The number of benzene rings is 1. The quantitative estimate of drug-likeness (QED) is 0.745. The molecule has 1 amide bonds. The predicted octanol–water partition coefficient (Wildman–Crippen LogP) is 3.70. The van der Waals surface area contributed by atoms with E-state index < -0.39 is 0 Å². The van der Waals surface area contributed by atoms with E-state index >= 15 is 0 Å². The maximum absolute atomic E-state index is 12.5. The molecule has 0 unspecified atom stereocenters. The van der Waals surface area contributed by atoms with Crippen molar-refractivity contribution in [3.63, 3.8) is 0 Å². The minimum atomic E-state index is -0.0920. The van der Waals surface area contributed by atoms with Gasteiger partial charge < -0.3 is 10.1 Å². The number of hydrogen-bond donors (Lipinski definition) is 2. The highest BCUT2D eigenvalue weighted by Gasteiger charge is 2.26. The van der Waals surface area contributed by atoms with E-state index in [2.05, 4.69) is 15.5 Å². The van der Waals surface area contributed by atoms with Crippen LogP contribution in [0.3, 0.4) is 0 Å². The maximum atomic E-state index is 12.5. The highest BCUT2D eigenvalue weighted by molar-refractivity contribution is 7.10. The summed E-state index contributed by atoms with van der Waals surface area (Å²) in [5, 5.41) is 13.2. The molecule has 1 saturated carbocycles. The second-order valence-corrected chi connectivity index (χ2v) is 6.75. The van der Waals surface area contributed by atoms with Crippen molar-refractivity contribution in [1.82, 2.24) is 15.5 Å². The van der Waals surface area contributed by atoms with Gasteiger partial charge in [0.2, 0.25) is 0 Å². The first kappa shape index (κ1) is 15.0. The first-order valence-electron chi connectivity index (χ1n) is 7.84. The van der Waals surface area contributed by atoms with Crippen LogP contribution in [0.25, 0.3) is 23.1 Å². The fourth-order valence-corrected chi connectivity index (χ4v) is 3.27. The van der Waals surface area contributed by atoms with Gasteiger partial charge in [-0.3, -0.25) is 9.89 Å². The Morgan fingerprint density at radius 2 is 2.25 bits per heavy atom. The number of carbonyl (C=O) groups excluding carboxylic acids is 1. The highest BCUT2D eigenvalue weighted by atomic mass is 32.1.